The van der Waals surface area contributed by atoms with E-state index >= 15 is 0 Å². The molecule has 3 aromatic carbocycles. The van der Waals surface area contributed by atoms with Gasteiger partial charge in [0.1, 0.15) is 17.4 Å². The molecular weight excluding hydrogens is 434 g/mol. The quantitative estimate of drug-likeness (QED) is 0.531. The van der Waals surface area contributed by atoms with Crippen LogP contribution in [-0.4, -0.2) is 53.9 Å². The zero-order chi connectivity index (χ0) is 24.2. The van der Waals surface area contributed by atoms with Crippen molar-refractivity contribution in [1.82, 2.24) is 4.90 Å². The maximum absolute atomic E-state index is 13.8. The first-order valence-electron chi connectivity index (χ1n) is 11.0. The van der Waals surface area contributed by atoms with E-state index in [2.05, 4.69) is 0 Å². The van der Waals surface area contributed by atoms with Crippen LogP contribution in [0.25, 0.3) is 0 Å². The number of aliphatic carboxylic acids is 1. The van der Waals surface area contributed by atoms with Gasteiger partial charge in [-0.05, 0) is 35.7 Å². The van der Waals surface area contributed by atoms with Crippen molar-refractivity contribution in [3.63, 3.8) is 0 Å². The number of nitrogens with zero attached hydrogens (tertiary/aromatic N) is 1. The van der Waals surface area contributed by atoms with E-state index in [1.807, 2.05) is 30.3 Å². The number of aliphatic hydroxyl groups excluding tert-OH is 1. The van der Waals surface area contributed by atoms with Gasteiger partial charge in [-0.2, -0.15) is 0 Å². The molecule has 4 rings (SSSR count). The topological polar surface area (TPSA) is 96.3 Å². The van der Waals surface area contributed by atoms with Crippen molar-refractivity contribution in [3.8, 4) is 11.5 Å². The maximum atomic E-state index is 13.8. The minimum atomic E-state index is -1.07. The number of methoxy groups -OCH3 is 2. The van der Waals surface area contributed by atoms with Gasteiger partial charge in [0.2, 0.25) is 0 Å². The van der Waals surface area contributed by atoms with Crippen molar-refractivity contribution in [1.29, 1.82) is 0 Å². The summed E-state index contributed by atoms with van der Waals surface area (Å²) in [6, 6.07) is 19.8. The number of carbonyl (C=O) groups is 2. The Morgan fingerprint density at radius 2 is 1.68 bits per heavy atom. The molecule has 0 saturated heterocycles. The van der Waals surface area contributed by atoms with Gasteiger partial charge >= 0.3 is 5.97 Å². The van der Waals surface area contributed by atoms with Gasteiger partial charge in [0, 0.05) is 17.2 Å². The molecule has 2 N–H and O–H groups in total. The summed E-state index contributed by atoms with van der Waals surface area (Å²) in [4.78, 5) is 28.0. The number of fused-ring (bicyclic) bond motifs is 1. The summed E-state index contributed by atoms with van der Waals surface area (Å²) < 4.78 is 10.9. The van der Waals surface area contributed by atoms with Crippen LogP contribution in [0.3, 0.4) is 0 Å². The third-order valence-corrected chi connectivity index (χ3v) is 6.32. The maximum Gasteiger partial charge on any atom is 0.313 e. The Kier molecular flexibility index (Phi) is 6.84. The van der Waals surface area contributed by atoms with E-state index < -0.39 is 24.0 Å². The van der Waals surface area contributed by atoms with Crippen LogP contribution in [0, 0.1) is 0 Å². The molecule has 1 aliphatic rings. The summed E-state index contributed by atoms with van der Waals surface area (Å²) in [5, 5.41) is 20.8. The second-order valence-electron chi connectivity index (χ2n) is 8.19. The minimum absolute atomic E-state index is 0.324. The van der Waals surface area contributed by atoms with Gasteiger partial charge in [-0.1, -0.05) is 48.5 Å². The zero-order valence-corrected chi connectivity index (χ0v) is 19.0. The predicted octanol–water partition coefficient (Wildman–Crippen LogP) is 3.67. The fraction of sp³-hybridized carbons (Fsp3) is 0.259. The number of aliphatic hydroxyl groups is 1. The van der Waals surface area contributed by atoms with Gasteiger partial charge in [0.25, 0.3) is 5.91 Å². The van der Waals surface area contributed by atoms with Gasteiger partial charge in [0.05, 0.1) is 32.9 Å². The molecule has 0 spiro atoms. The van der Waals surface area contributed by atoms with Crippen molar-refractivity contribution in [3.05, 3.63) is 95.1 Å². The molecule has 0 radical (unpaired) electrons. The first-order chi connectivity index (χ1) is 16.5. The second kappa shape index (κ2) is 9.97. The Morgan fingerprint density at radius 1 is 0.971 bits per heavy atom. The van der Waals surface area contributed by atoms with Crippen LogP contribution in [0.5, 0.6) is 11.5 Å². The number of carboxylic acid groups (broad SMARTS) is 1. The van der Waals surface area contributed by atoms with Crippen LogP contribution >= 0.6 is 0 Å². The molecular formula is C27H27NO6. The van der Waals surface area contributed by atoms with Crippen LogP contribution in [0.4, 0.5) is 0 Å². The van der Waals surface area contributed by atoms with Crippen molar-refractivity contribution in [2.75, 3.05) is 20.8 Å². The van der Waals surface area contributed by atoms with E-state index in [0.29, 0.717) is 34.6 Å². The summed E-state index contributed by atoms with van der Waals surface area (Å²) in [7, 11) is 3.02. The lowest BCUT2D eigenvalue weighted by Gasteiger charge is -2.45. The molecule has 7 nitrogen and oxygen atoms in total. The van der Waals surface area contributed by atoms with Crippen LogP contribution in [0.2, 0.25) is 0 Å². The van der Waals surface area contributed by atoms with E-state index in [9.17, 15) is 19.8 Å². The average molecular weight is 462 g/mol. The monoisotopic (exact) mass is 461 g/mol. The molecule has 0 unspecified atom stereocenters. The Balaban J connectivity index is 1.92. The molecule has 0 bridgehead atoms. The van der Waals surface area contributed by atoms with E-state index in [4.69, 9.17) is 9.47 Å². The number of rotatable bonds is 8. The molecule has 176 valence electrons. The number of hydrogen-bond acceptors (Lipinski definition) is 5. The van der Waals surface area contributed by atoms with Crippen molar-refractivity contribution in [2.45, 2.75) is 24.4 Å². The summed E-state index contributed by atoms with van der Waals surface area (Å²) in [5.41, 5.74) is 2.23. The molecule has 0 aliphatic carbocycles. The highest BCUT2D eigenvalue weighted by Gasteiger charge is 2.47. The van der Waals surface area contributed by atoms with E-state index in [-0.39, 0.29) is 12.5 Å². The molecule has 0 fully saturated rings. The van der Waals surface area contributed by atoms with Gasteiger partial charge in [-0.15, -0.1) is 0 Å². The Morgan fingerprint density at radius 3 is 2.32 bits per heavy atom. The van der Waals surface area contributed by atoms with Gasteiger partial charge in [0.15, 0.2) is 0 Å². The van der Waals surface area contributed by atoms with E-state index in [1.54, 1.807) is 42.5 Å². The van der Waals surface area contributed by atoms with Crippen LogP contribution in [0.15, 0.2) is 72.8 Å². The fourth-order valence-corrected chi connectivity index (χ4v) is 4.75. The number of ether oxygens (including phenoxy) is 2. The molecule has 1 aliphatic heterocycles. The SMILES string of the molecule is COc1ccc([C@H]2[C@H](C(=O)O)c3ccccc3C(=O)N2[C@H](CO)Cc2ccccc2)c(OC)c1. The Hall–Kier alpha value is -3.84. The highest BCUT2D eigenvalue weighted by Crippen LogP contribution is 2.47. The normalized spacial score (nSPS) is 18.2. The minimum Gasteiger partial charge on any atom is -0.497 e. The highest BCUT2D eigenvalue weighted by atomic mass is 16.5. The van der Waals surface area contributed by atoms with Crippen LogP contribution in [-0.2, 0) is 11.2 Å². The van der Waals surface area contributed by atoms with Crippen molar-refractivity contribution < 1.29 is 29.3 Å². The molecule has 0 saturated carbocycles. The molecule has 1 heterocycles. The first-order valence-corrected chi connectivity index (χ1v) is 11.0. The van der Waals surface area contributed by atoms with Crippen molar-refractivity contribution >= 4 is 11.9 Å². The van der Waals surface area contributed by atoms with E-state index in [1.165, 1.54) is 19.1 Å². The smallest absolute Gasteiger partial charge is 0.313 e. The summed E-state index contributed by atoms with van der Waals surface area (Å²) in [5.74, 6) is -1.50. The lowest BCUT2D eigenvalue weighted by atomic mass is 9.78. The summed E-state index contributed by atoms with van der Waals surface area (Å²) >= 11 is 0. The average Bonchev–Trinajstić information content (AvgIpc) is 2.87. The molecule has 3 aromatic rings. The van der Waals surface area contributed by atoms with Gasteiger partial charge in [-0.25, -0.2) is 0 Å². The number of carboxylic acids is 1. The van der Waals surface area contributed by atoms with Crippen molar-refractivity contribution in [2.24, 2.45) is 0 Å². The number of carbonyl (C=O) groups excluding carboxylic acids is 1. The second-order valence-corrected chi connectivity index (χ2v) is 8.19. The molecule has 7 heteroatoms. The standard InChI is InChI=1S/C27H27NO6/c1-33-19-12-13-22(23(15-19)34-2)25-24(27(31)32)20-10-6-7-11-21(20)26(30)28(25)18(16-29)14-17-8-4-3-5-9-17/h3-13,15,18,24-25,29H,14,16H2,1-2H3,(H,31,32)/t18-,24+,25-/m0/s1. The highest BCUT2D eigenvalue weighted by molar-refractivity contribution is 6.00. The molecule has 34 heavy (non-hydrogen) atoms. The zero-order valence-electron chi connectivity index (χ0n) is 19.0. The van der Waals surface area contributed by atoms with E-state index in [0.717, 1.165) is 5.56 Å². The lowest BCUT2D eigenvalue weighted by Crippen LogP contribution is -2.52. The third-order valence-electron chi connectivity index (χ3n) is 6.32. The molecule has 3 atom stereocenters. The first kappa shape index (κ1) is 23.3. The van der Waals surface area contributed by atoms with Gasteiger partial charge in [-0.3, -0.25) is 9.59 Å². The third kappa shape index (κ3) is 4.22. The Bertz CT molecular complexity index is 1180. The van der Waals surface area contributed by atoms with Crippen LogP contribution in [0.1, 0.15) is 39.0 Å². The number of benzene rings is 3. The largest absolute Gasteiger partial charge is 0.497 e. The van der Waals surface area contributed by atoms with Crippen LogP contribution < -0.4 is 9.47 Å². The molecule has 1 amide bonds. The summed E-state index contributed by atoms with van der Waals surface area (Å²) in [6.07, 6.45) is 0.368. The molecule has 0 aromatic heterocycles. The Labute approximate surface area is 198 Å². The fourth-order valence-electron chi connectivity index (χ4n) is 4.75. The predicted molar refractivity (Wildman–Crippen MR) is 126 cm³/mol. The number of amides is 1. The summed E-state index contributed by atoms with van der Waals surface area (Å²) in [6.45, 7) is -0.329. The number of hydrogen-bond donors (Lipinski definition) is 2. The van der Waals surface area contributed by atoms with Gasteiger partial charge < -0.3 is 24.6 Å². The lowest BCUT2D eigenvalue weighted by molar-refractivity contribution is -0.141.